The highest BCUT2D eigenvalue weighted by Crippen LogP contribution is 2.16. The predicted octanol–water partition coefficient (Wildman–Crippen LogP) is 2.10. The fourth-order valence-corrected chi connectivity index (χ4v) is 1.57. The van der Waals surface area contributed by atoms with Gasteiger partial charge < -0.3 is 11.1 Å². The van der Waals surface area contributed by atoms with Crippen molar-refractivity contribution in [3.05, 3.63) is 30.1 Å². The first-order valence-electron chi connectivity index (χ1n) is 6.08. The van der Waals surface area contributed by atoms with Gasteiger partial charge in [0, 0.05) is 18.3 Å². The van der Waals surface area contributed by atoms with Crippen LogP contribution in [0.15, 0.2) is 24.3 Å². The predicted molar refractivity (Wildman–Crippen MR) is 71.1 cm³/mol. The minimum atomic E-state index is -0.359. The average molecular weight is 253 g/mol. The van der Waals surface area contributed by atoms with Crippen LogP contribution in [0.25, 0.3) is 0 Å². The largest absolute Gasteiger partial charge is 0.336 e. The van der Waals surface area contributed by atoms with Crippen LogP contribution in [-0.2, 0) is 0 Å². The molecule has 0 atom stereocenters. The molecule has 4 nitrogen and oxygen atoms in total. The van der Waals surface area contributed by atoms with Crippen LogP contribution in [0.3, 0.4) is 0 Å². The monoisotopic (exact) mass is 253 g/mol. The number of halogens is 1. The third-order valence-corrected chi connectivity index (χ3v) is 2.36. The Balaban J connectivity index is 2.86. The summed E-state index contributed by atoms with van der Waals surface area (Å²) in [6.45, 7) is 4.72. The van der Waals surface area contributed by atoms with Gasteiger partial charge in [-0.15, -0.1) is 0 Å². The number of carbonyl (C=O) groups is 1. The minimum absolute atomic E-state index is 0.0337. The van der Waals surface area contributed by atoms with E-state index in [1.807, 2.05) is 13.8 Å². The number of urea groups is 1. The zero-order chi connectivity index (χ0) is 13.5. The molecule has 0 fully saturated rings. The van der Waals surface area contributed by atoms with Crippen molar-refractivity contribution in [1.29, 1.82) is 0 Å². The molecule has 1 rings (SSSR count). The Bertz CT molecular complexity index is 396. The highest BCUT2D eigenvalue weighted by Gasteiger charge is 2.16. The van der Waals surface area contributed by atoms with Gasteiger partial charge in [0.1, 0.15) is 5.82 Å². The second-order valence-corrected chi connectivity index (χ2v) is 4.38. The summed E-state index contributed by atoms with van der Waals surface area (Å²) >= 11 is 0. The molecule has 2 amide bonds. The van der Waals surface area contributed by atoms with Gasteiger partial charge in [-0.3, -0.25) is 4.90 Å². The van der Waals surface area contributed by atoms with Crippen molar-refractivity contribution in [3.63, 3.8) is 0 Å². The Morgan fingerprint density at radius 3 is 2.78 bits per heavy atom. The standard InChI is InChI=1S/C13H20FN3O/c1-10(2)16-13(18)17(8-4-7-15)12-6-3-5-11(14)9-12/h3,5-6,9-10H,4,7-8,15H2,1-2H3,(H,16,18). The Hall–Kier alpha value is -1.62. The molecule has 0 aliphatic carbocycles. The number of nitrogens with zero attached hydrogens (tertiary/aromatic N) is 1. The lowest BCUT2D eigenvalue weighted by molar-refractivity contribution is 0.244. The third-order valence-electron chi connectivity index (χ3n) is 2.36. The van der Waals surface area contributed by atoms with Gasteiger partial charge in [-0.1, -0.05) is 6.07 Å². The molecule has 0 aliphatic rings. The maximum absolute atomic E-state index is 13.2. The number of nitrogens with one attached hydrogen (secondary N) is 1. The fraction of sp³-hybridized carbons (Fsp3) is 0.462. The maximum atomic E-state index is 13.2. The minimum Gasteiger partial charge on any atom is -0.336 e. The molecule has 0 radical (unpaired) electrons. The number of anilines is 1. The van der Waals surface area contributed by atoms with E-state index in [4.69, 9.17) is 5.73 Å². The van der Waals surface area contributed by atoms with Gasteiger partial charge in [-0.2, -0.15) is 0 Å². The molecule has 3 N–H and O–H groups in total. The van der Waals surface area contributed by atoms with Crippen LogP contribution in [0, 0.1) is 5.82 Å². The van der Waals surface area contributed by atoms with E-state index in [-0.39, 0.29) is 17.9 Å². The summed E-state index contributed by atoms with van der Waals surface area (Å²) in [5.41, 5.74) is 6.00. The summed E-state index contributed by atoms with van der Waals surface area (Å²) in [6.07, 6.45) is 0.669. The summed E-state index contributed by atoms with van der Waals surface area (Å²) in [5, 5.41) is 2.79. The summed E-state index contributed by atoms with van der Waals surface area (Å²) in [4.78, 5) is 13.5. The lowest BCUT2D eigenvalue weighted by atomic mass is 10.2. The molecule has 1 aromatic rings. The second kappa shape index (κ2) is 6.96. The van der Waals surface area contributed by atoms with Gasteiger partial charge in [0.2, 0.25) is 0 Å². The van der Waals surface area contributed by atoms with Gasteiger partial charge in [0.05, 0.1) is 0 Å². The van der Waals surface area contributed by atoms with Crippen LogP contribution >= 0.6 is 0 Å². The van der Waals surface area contributed by atoms with Gasteiger partial charge in [0.15, 0.2) is 0 Å². The lowest BCUT2D eigenvalue weighted by Gasteiger charge is -2.24. The van der Waals surface area contributed by atoms with Crippen molar-refractivity contribution in [2.24, 2.45) is 5.73 Å². The topological polar surface area (TPSA) is 58.4 Å². The van der Waals surface area contributed by atoms with E-state index < -0.39 is 0 Å². The van der Waals surface area contributed by atoms with Gasteiger partial charge >= 0.3 is 6.03 Å². The molecule has 18 heavy (non-hydrogen) atoms. The molecule has 1 aromatic carbocycles. The number of hydrogen-bond donors (Lipinski definition) is 2. The summed E-state index contributed by atoms with van der Waals surface area (Å²) in [6, 6.07) is 5.79. The molecule has 0 spiro atoms. The number of nitrogens with two attached hydrogens (primary N) is 1. The van der Waals surface area contributed by atoms with E-state index in [2.05, 4.69) is 5.32 Å². The summed E-state index contributed by atoms with van der Waals surface area (Å²) in [7, 11) is 0. The Kier molecular flexibility index (Phi) is 5.58. The van der Waals surface area contributed by atoms with Gasteiger partial charge in [-0.05, 0) is 45.0 Å². The summed E-state index contributed by atoms with van der Waals surface area (Å²) in [5.74, 6) is -0.359. The smallest absolute Gasteiger partial charge is 0.322 e. The molecule has 0 heterocycles. The van der Waals surface area contributed by atoms with Crippen LogP contribution < -0.4 is 16.0 Å². The van der Waals surface area contributed by atoms with Crippen LogP contribution in [0.5, 0.6) is 0 Å². The van der Waals surface area contributed by atoms with Gasteiger partial charge in [-0.25, -0.2) is 9.18 Å². The van der Waals surface area contributed by atoms with E-state index in [1.54, 1.807) is 12.1 Å². The van der Waals surface area contributed by atoms with E-state index in [0.29, 0.717) is 25.2 Å². The van der Waals surface area contributed by atoms with Crippen LogP contribution in [-0.4, -0.2) is 25.2 Å². The van der Waals surface area contributed by atoms with Crippen LogP contribution in [0.2, 0.25) is 0 Å². The SMILES string of the molecule is CC(C)NC(=O)N(CCCN)c1cccc(F)c1. The zero-order valence-electron chi connectivity index (χ0n) is 10.8. The number of benzene rings is 1. The molecule has 5 heteroatoms. The van der Waals surface area contributed by atoms with E-state index in [0.717, 1.165) is 0 Å². The Morgan fingerprint density at radius 1 is 1.50 bits per heavy atom. The lowest BCUT2D eigenvalue weighted by Crippen LogP contribution is -2.44. The Labute approximate surface area is 107 Å². The molecule has 0 saturated heterocycles. The highest BCUT2D eigenvalue weighted by molar-refractivity contribution is 5.92. The highest BCUT2D eigenvalue weighted by atomic mass is 19.1. The molecule has 100 valence electrons. The van der Waals surface area contributed by atoms with Crippen molar-refractivity contribution < 1.29 is 9.18 Å². The zero-order valence-corrected chi connectivity index (χ0v) is 10.8. The first-order valence-corrected chi connectivity index (χ1v) is 6.08. The van der Waals surface area contributed by atoms with Crippen molar-refractivity contribution >= 4 is 11.7 Å². The van der Waals surface area contributed by atoms with Gasteiger partial charge in [0.25, 0.3) is 0 Å². The maximum Gasteiger partial charge on any atom is 0.322 e. The number of hydrogen-bond acceptors (Lipinski definition) is 2. The molecular weight excluding hydrogens is 233 g/mol. The van der Waals surface area contributed by atoms with Crippen molar-refractivity contribution in [1.82, 2.24) is 5.32 Å². The van der Waals surface area contributed by atoms with Crippen LogP contribution in [0.4, 0.5) is 14.9 Å². The average Bonchev–Trinajstić information content (AvgIpc) is 2.28. The van der Waals surface area contributed by atoms with Crippen LogP contribution in [0.1, 0.15) is 20.3 Å². The van der Waals surface area contributed by atoms with Crippen molar-refractivity contribution in [2.45, 2.75) is 26.3 Å². The first kappa shape index (κ1) is 14.4. The Morgan fingerprint density at radius 2 is 2.22 bits per heavy atom. The molecule has 0 unspecified atom stereocenters. The quantitative estimate of drug-likeness (QED) is 0.844. The normalized spacial score (nSPS) is 10.5. The molecule has 0 saturated carbocycles. The van der Waals surface area contributed by atoms with Crippen molar-refractivity contribution in [2.75, 3.05) is 18.0 Å². The molecule has 0 bridgehead atoms. The number of carbonyl (C=O) groups excluding carboxylic acids is 1. The van der Waals surface area contributed by atoms with Crippen molar-refractivity contribution in [3.8, 4) is 0 Å². The third kappa shape index (κ3) is 4.33. The molecular formula is C13H20FN3O. The fourth-order valence-electron chi connectivity index (χ4n) is 1.57. The molecule has 0 aliphatic heterocycles. The van der Waals surface area contributed by atoms with E-state index in [1.165, 1.54) is 17.0 Å². The summed E-state index contributed by atoms with van der Waals surface area (Å²) < 4.78 is 13.2. The second-order valence-electron chi connectivity index (χ2n) is 4.38. The van der Waals surface area contributed by atoms with E-state index >= 15 is 0 Å². The molecule has 0 aromatic heterocycles. The first-order chi connectivity index (χ1) is 8.54. The number of amides is 2. The van der Waals surface area contributed by atoms with E-state index in [9.17, 15) is 9.18 Å². The number of rotatable bonds is 5.